The van der Waals surface area contributed by atoms with Crippen molar-refractivity contribution in [3.05, 3.63) is 95.0 Å². The number of para-hydroxylation sites is 1. The van der Waals surface area contributed by atoms with Crippen molar-refractivity contribution >= 4 is 35.0 Å². The van der Waals surface area contributed by atoms with Crippen molar-refractivity contribution in [2.24, 2.45) is 0 Å². The highest BCUT2D eigenvalue weighted by molar-refractivity contribution is 6.32. The van der Waals surface area contributed by atoms with Crippen molar-refractivity contribution in [1.82, 2.24) is 10.6 Å². The Morgan fingerprint density at radius 1 is 0.719 bits per heavy atom. The van der Waals surface area contributed by atoms with Gasteiger partial charge in [-0.3, -0.25) is 14.4 Å². The van der Waals surface area contributed by atoms with Gasteiger partial charge in [0.25, 0.3) is 17.7 Å². The zero-order valence-corrected chi connectivity index (χ0v) is 17.9. The van der Waals surface area contributed by atoms with Crippen LogP contribution in [0.4, 0.5) is 5.69 Å². The van der Waals surface area contributed by atoms with Crippen molar-refractivity contribution in [2.75, 3.05) is 25.0 Å². The minimum atomic E-state index is -0.351. The summed E-state index contributed by atoms with van der Waals surface area (Å²) in [5, 5.41) is 8.60. The van der Waals surface area contributed by atoms with Crippen LogP contribution in [0.15, 0.2) is 78.9 Å². The Hall–Kier alpha value is -3.84. The summed E-state index contributed by atoms with van der Waals surface area (Å²) in [6.45, 7) is 0.398. The quantitative estimate of drug-likeness (QED) is 0.434. The van der Waals surface area contributed by atoms with Crippen molar-refractivity contribution in [3.63, 3.8) is 0 Å². The van der Waals surface area contributed by atoms with Crippen LogP contribution in [0.2, 0.25) is 5.02 Å². The van der Waals surface area contributed by atoms with E-state index in [1.54, 1.807) is 72.8 Å². The lowest BCUT2D eigenvalue weighted by atomic mass is 10.2. The summed E-state index contributed by atoms with van der Waals surface area (Å²) in [4.78, 5) is 36.3. The van der Waals surface area contributed by atoms with Crippen LogP contribution >= 0.6 is 11.6 Å². The van der Waals surface area contributed by atoms with Gasteiger partial charge in [0.15, 0.2) is 6.61 Å². The zero-order chi connectivity index (χ0) is 22.8. The molecule has 7 nitrogen and oxygen atoms in total. The molecule has 0 saturated carbocycles. The van der Waals surface area contributed by atoms with Gasteiger partial charge < -0.3 is 20.7 Å². The van der Waals surface area contributed by atoms with Gasteiger partial charge in [-0.05, 0) is 48.5 Å². The Balaban J connectivity index is 1.39. The smallest absolute Gasteiger partial charge is 0.262 e. The van der Waals surface area contributed by atoms with Gasteiger partial charge in [0.05, 0.1) is 5.02 Å². The molecule has 0 aliphatic heterocycles. The highest BCUT2D eigenvalue weighted by atomic mass is 35.5. The van der Waals surface area contributed by atoms with E-state index in [-0.39, 0.29) is 30.9 Å². The maximum atomic E-state index is 12.2. The van der Waals surface area contributed by atoms with Gasteiger partial charge in [-0.1, -0.05) is 41.9 Å². The number of carbonyl (C=O) groups is 3. The van der Waals surface area contributed by atoms with Crippen LogP contribution in [-0.4, -0.2) is 37.4 Å². The molecule has 3 aromatic rings. The van der Waals surface area contributed by atoms with Gasteiger partial charge in [-0.25, -0.2) is 0 Å². The summed E-state index contributed by atoms with van der Waals surface area (Å²) in [5.74, 6) is -0.398. The highest BCUT2D eigenvalue weighted by Gasteiger charge is 2.09. The third-order valence-corrected chi connectivity index (χ3v) is 4.67. The molecule has 0 aliphatic rings. The molecule has 0 atom stereocenters. The Morgan fingerprint density at radius 2 is 1.28 bits per heavy atom. The predicted molar refractivity (Wildman–Crippen MR) is 123 cm³/mol. The summed E-state index contributed by atoms with van der Waals surface area (Å²) in [7, 11) is 0. The lowest BCUT2D eigenvalue weighted by Crippen LogP contribution is -2.34. The second-order valence-corrected chi connectivity index (χ2v) is 7.13. The summed E-state index contributed by atoms with van der Waals surface area (Å²) in [6.07, 6.45) is 0. The van der Waals surface area contributed by atoms with Gasteiger partial charge in [-0.15, -0.1) is 0 Å². The summed E-state index contributed by atoms with van der Waals surface area (Å²) in [5.41, 5.74) is 1.53. The van der Waals surface area contributed by atoms with Crippen LogP contribution in [0, 0.1) is 0 Å². The van der Waals surface area contributed by atoms with E-state index >= 15 is 0 Å². The fourth-order valence-corrected chi connectivity index (χ4v) is 2.94. The molecule has 3 amide bonds. The van der Waals surface area contributed by atoms with Gasteiger partial charge in [0.2, 0.25) is 0 Å². The minimum Gasteiger partial charge on any atom is -0.482 e. The number of carbonyl (C=O) groups excluding carboxylic acids is 3. The standard InChI is InChI=1S/C24H22ClN3O4/c25-20-8-4-5-9-21(20)32-16-22(29)28-19-12-10-18(11-13-19)24(31)27-15-14-26-23(30)17-6-2-1-3-7-17/h1-13H,14-16H2,(H,26,30)(H,27,31)(H,28,29). The number of rotatable bonds is 9. The lowest BCUT2D eigenvalue weighted by Gasteiger charge is -2.10. The minimum absolute atomic E-state index is 0.194. The number of ether oxygens (including phenoxy) is 1. The molecular formula is C24H22ClN3O4. The SMILES string of the molecule is O=C(COc1ccccc1Cl)Nc1ccc(C(=O)NCCNC(=O)c2ccccc2)cc1. The molecule has 0 spiro atoms. The molecule has 0 heterocycles. The Morgan fingerprint density at radius 3 is 1.91 bits per heavy atom. The van der Waals surface area contributed by atoms with Crippen molar-refractivity contribution in [1.29, 1.82) is 0 Å². The third kappa shape index (κ3) is 6.85. The third-order valence-electron chi connectivity index (χ3n) is 4.36. The van der Waals surface area contributed by atoms with Gasteiger partial charge >= 0.3 is 0 Å². The van der Waals surface area contributed by atoms with Crippen LogP contribution in [0.5, 0.6) is 5.75 Å². The van der Waals surface area contributed by atoms with E-state index in [0.717, 1.165) is 0 Å². The van der Waals surface area contributed by atoms with Gasteiger partial charge in [-0.2, -0.15) is 0 Å². The maximum Gasteiger partial charge on any atom is 0.262 e. The van der Waals surface area contributed by atoms with E-state index in [1.165, 1.54) is 0 Å². The monoisotopic (exact) mass is 451 g/mol. The number of nitrogens with one attached hydrogen (secondary N) is 3. The first-order valence-corrected chi connectivity index (χ1v) is 10.3. The molecule has 0 fully saturated rings. The molecule has 164 valence electrons. The topological polar surface area (TPSA) is 96.5 Å². The van der Waals surface area contributed by atoms with E-state index in [4.69, 9.17) is 16.3 Å². The number of hydrogen-bond donors (Lipinski definition) is 3. The Bertz CT molecular complexity index is 1070. The first-order chi connectivity index (χ1) is 15.5. The second kappa shape index (κ2) is 11.5. The fraction of sp³-hybridized carbons (Fsp3) is 0.125. The average Bonchev–Trinajstić information content (AvgIpc) is 2.82. The molecule has 0 saturated heterocycles. The Labute approximate surface area is 190 Å². The molecule has 0 unspecified atom stereocenters. The summed E-state index contributed by atoms with van der Waals surface area (Å²) in [6, 6.07) is 22.2. The largest absolute Gasteiger partial charge is 0.482 e. The van der Waals surface area contributed by atoms with E-state index in [9.17, 15) is 14.4 Å². The van der Waals surface area contributed by atoms with Crippen LogP contribution in [0.1, 0.15) is 20.7 Å². The highest BCUT2D eigenvalue weighted by Crippen LogP contribution is 2.23. The molecule has 0 radical (unpaired) electrons. The summed E-state index contributed by atoms with van der Waals surface area (Å²) >= 11 is 5.99. The molecular weight excluding hydrogens is 430 g/mol. The number of halogens is 1. The van der Waals surface area contributed by atoms with E-state index in [1.807, 2.05) is 6.07 Å². The predicted octanol–water partition coefficient (Wildman–Crippen LogP) is 3.52. The first kappa shape index (κ1) is 22.8. The Kier molecular flexibility index (Phi) is 8.22. The first-order valence-electron chi connectivity index (χ1n) is 9.91. The number of amides is 3. The van der Waals surface area contributed by atoms with Gasteiger partial charge in [0.1, 0.15) is 5.75 Å². The second-order valence-electron chi connectivity index (χ2n) is 6.72. The fourth-order valence-electron chi connectivity index (χ4n) is 2.75. The van der Waals surface area contributed by atoms with Crippen LogP contribution in [0.25, 0.3) is 0 Å². The van der Waals surface area contributed by atoms with E-state index in [0.29, 0.717) is 34.1 Å². The number of benzene rings is 3. The molecule has 3 rings (SSSR count). The van der Waals surface area contributed by atoms with Gasteiger partial charge in [0, 0.05) is 29.9 Å². The normalized spacial score (nSPS) is 10.2. The molecule has 0 bridgehead atoms. The summed E-state index contributed by atoms with van der Waals surface area (Å²) < 4.78 is 5.39. The van der Waals surface area contributed by atoms with Crippen LogP contribution < -0.4 is 20.7 Å². The molecule has 3 aromatic carbocycles. The maximum absolute atomic E-state index is 12.2. The van der Waals surface area contributed by atoms with E-state index in [2.05, 4.69) is 16.0 Å². The molecule has 32 heavy (non-hydrogen) atoms. The van der Waals surface area contributed by atoms with Crippen LogP contribution in [0.3, 0.4) is 0 Å². The van der Waals surface area contributed by atoms with Crippen molar-refractivity contribution in [3.8, 4) is 5.75 Å². The van der Waals surface area contributed by atoms with Crippen LogP contribution in [-0.2, 0) is 4.79 Å². The molecule has 3 N–H and O–H groups in total. The van der Waals surface area contributed by atoms with E-state index < -0.39 is 0 Å². The number of hydrogen-bond acceptors (Lipinski definition) is 4. The molecule has 0 aromatic heterocycles. The molecule has 0 aliphatic carbocycles. The average molecular weight is 452 g/mol. The number of anilines is 1. The van der Waals surface area contributed by atoms with Crippen molar-refractivity contribution in [2.45, 2.75) is 0 Å². The lowest BCUT2D eigenvalue weighted by molar-refractivity contribution is -0.118. The molecule has 8 heteroatoms. The van der Waals surface area contributed by atoms with Crippen molar-refractivity contribution < 1.29 is 19.1 Å². The zero-order valence-electron chi connectivity index (χ0n) is 17.1.